The summed E-state index contributed by atoms with van der Waals surface area (Å²) < 4.78 is 5.22. The van der Waals surface area contributed by atoms with Gasteiger partial charge in [-0.05, 0) is 31.2 Å². The Labute approximate surface area is 128 Å². The van der Waals surface area contributed by atoms with Crippen molar-refractivity contribution in [1.29, 1.82) is 5.26 Å². The Kier molecular flexibility index (Phi) is 3.58. The minimum Gasteiger partial charge on any atom is -0.497 e. The van der Waals surface area contributed by atoms with Crippen LogP contribution in [0.3, 0.4) is 0 Å². The molecule has 0 aliphatic heterocycles. The average molecular weight is 290 g/mol. The molecule has 0 radical (unpaired) electrons. The molecule has 1 heterocycles. The fourth-order valence-electron chi connectivity index (χ4n) is 2.27. The number of methoxy groups -OCH3 is 1. The summed E-state index contributed by atoms with van der Waals surface area (Å²) in [7, 11) is 1.62. The predicted molar refractivity (Wildman–Crippen MR) is 85.3 cm³/mol. The largest absolute Gasteiger partial charge is 0.497 e. The van der Waals surface area contributed by atoms with Crippen LogP contribution in [0.15, 0.2) is 42.5 Å². The molecule has 5 nitrogen and oxygen atoms in total. The third-order valence-corrected chi connectivity index (χ3v) is 3.36. The molecule has 0 amide bonds. The van der Waals surface area contributed by atoms with Crippen molar-refractivity contribution in [2.75, 3.05) is 12.4 Å². The summed E-state index contributed by atoms with van der Waals surface area (Å²) in [5.74, 6) is 0.742. The predicted octanol–water partition coefficient (Wildman–Crippen LogP) is 3.56. The van der Waals surface area contributed by atoms with Gasteiger partial charge in [0.05, 0.1) is 18.3 Å². The summed E-state index contributed by atoms with van der Waals surface area (Å²) in [6.45, 7) is 2.00. The number of aryl methyl sites for hydroxylation is 1. The number of rotatable bonds is 3. The van der Waals surface area contributed by atoms with E-state index in [1.165, 1.54) is 0 Å². The maximum absolute atomic E-state index is 9.31. The highest BCUT2D eigenvalue weighted by atomic mass is 16.5. The van der Waals surface area contributed by atoms with Gasteiger partial charge in [0.1, 0.15) is 11.8 Å². The standard InChI is InChI=1S/C17H14N4O/c1-11-6-7-15-14(8-11)17(16(10-18)21-20-15)19-12-4-3-5-13(9-12)22-2/h3-9H,1-2H3,(H,19,20). The monoisotopic (exact) mass is 290 g/mol. The lowest BCUT2D eigenvalue weighted by molar-refractivity contribution is 0.415. The van der Waals surface area contributed by atoms with Crippen molar-refractivity contribution >= 4 is 22.3 Å². The van der Waals surface area contributed by atoms with E-state index in [2.05, 4.69) is 21.6 Å². The molecule has 0 saturated heterocycles. The molecule has 108 valence electrons. The summed E-state index contributed by atoms with van der Waals surface area (Å²) in [5.41, 5.74) is 3.59. The summed E-state index contributed by atoms with van der Waals surface area (Å²) in [4.78, 5) is 0. The Morgan fingerprint density at radius 2 is 2.00 bits per heavy atom. The molecule has 0 unspecified atom stereocenters. The molecule has 0 saturated carbocycles. The lowest BCUT2D eigenvalue weighted by Gasteiger charge is -2.11. The highest BCUT2D eigenvalue weighted by molar-refractivity contribution is 5.95. The highest BCUT2D eigenvalue weighted by Crippen LogP contribution is 2.29. The van der Waals surface area contributed by atoms with Crippen LogP contribution in [0, 0.1) is 18.3 Å². The van der Waals surface area contributed by atoms with Gasteiger partial charge >= 0.3 is 0 Å². The van der Waals surface area contributed by atoms with E-state index in [9.17, 15) is 5.26 Å². The number of hydrogen-bond donors (Lipinski definition) is 1. The van der Waals surface area contributed by atoms with Gasteiger partial charge in [0, 0.05) is 17.1 Å². The van der Waals surface area contributed by atoms with Crippen molar-refractivity contribution in [2.24, 2.45) is 0 Å². The van der Waals surface area contributed by atoms with Crippen LogP contribution in [0.1, 0.15) is 11.3 Å². The Bertz CT molecular complexity index is 883. The van der Waals surface area contributed by atoms with Crippen molar-refractivity contribution in [3.63, 3.8) is 0 Å². The Hall–Kier alpha value is -3.13. The first kappa shape index (κ1) is 13.8. The van der Waals surface area contributed by atoms with Crippen molar-refractivity contribution in [2.45, 2.75) is 6.92 Å². The van der Waals surface area contributed by atoms with E-state index in [4.69, 9.17) is 4.74 Å². The van der Waals surface area contributed by atoms with E-state index in [0.717, 1.165) is 27.9 Å². The molecule has 0 bridgehead atoms. The van der Waals surface area contributed by atoms with Gasteiger partial charge in [-0.1, -0.05) is 17.7 Å². The van der Waals surface area contributed by atoms with Crippen molar-refractivity contribution in [1.82, 2.24) is 10.2 Å². The SMILES string of the molecule is COc1cccc(Nc2c(C#N)nnc3ccc(C)cc23)c1. The molecule has 0 fully saturated rings. The molecule has 3 aromatic rings. The van der Waals surface area contributed by atoms with Crippen LogP contribution in [0.4, 0.5) is 11.4 Å². The van der Waals surface area contributed by atoms with Crippen LogP contribution in [0.5, 0.6) is 5.75 Å². The van der Waals surface area contributed by atoms with Gasteiger partial charge in [0.2, 0.25) is 0 Å². The molecule has 22 heavy (non-hydrogen) atoms. The molecule has 5 heteroatoms. The maximum atomic E-state index is 9.31. The second-order valence-corrected chi connectivity index (χ2v) is 4.91. The zero-order valence-corrected chi connectivity index (χ0v) is 12.3. The zero-order valence-electron chi connectivity index (χ0n) is 12.3. The number of nitrogens with one attached hydrogen (secondary N) is 1. The van der Waals surface area contributed by atoms with Crippen LogP contribution in [-0.4, -0.2) is 17.3 Å². The number of hydrogen-bond acceptors (Lipinski definition) is 5. The van der Waals surface area contributed by atoms with E-state index in [-0.39, 0.29) is 5.69 Å². The molecule has 0 aliphatic rings. The third-order valence-electron chi connectivity index (χ3n) is 3.36. The topological polar surface area (TPSA) is 70.8 Å². The van der Waals surface area contributed by atoms with Gasteiger partial charge in [0.25, 0.3) is 0 Å². The van der Waals surface area contributed by atoms with E-state index < -0.39 is 0 Å². The normalized spacial score (nSPS) is 10.2. The molecular weight excluding hydrogens is 276 g/mol. The highest BCUT2D eigenvalue weighted by Gasteiger charge is 2.11. The van der Waals surface area contributed by atoms with Crippen LogP contribution in [0.2, 0.25) is 0 Å². The van der Waals surface area contributed by atoms with Crippen LogP contribution >= 0.6 is 0 Å². The Morgan fingerprint density at radius 3 is 2.77 bits per heavy atom. The summed E-state index contributed by atoms with van der Waals surface area (Å²) in [6, 6.07) is 15.5. The second-order valence-electron chi connectivity index (χ2n) is 4.91. The minimum atomic E-state index is 0.265. The van der Waals surface area contributed by atoms with E-state index >= 15 is 0 Å². The fourth-order valence-corrected chi connectivity index (χ4v) is 2.27. The summed E-state index contributed by atoms with van der Waals surface area (Å²) in [5, 5.41) is 21.5. The number of benzene rings is 2. The Morgan fingerprint density at radius 1 is 1.14 bits per heavy atom. The Balaban J connectivity index is 2.15. The first-order valence-electron chi connectivity index (χ1n) is 6.79. The minimum absolute atomic E-state index is 0.265. The molecular formula is C17H14N4O. The smallest absolute Gasteiger partial charge is 0.187 e. The van der Waals surface area contributed by atoms with E-state index in [1.54, 1.807) is 7.11 Å². The molecule has 1 N–H and O–H groups in total. The van der Waals surface area contributed by atoms with Gasteiger partial charge in [0.15, 0.2) is 5.69 Å². The number of aromatic nitrogens is 2. The number of ether oxygens (including phenoxy) is 1. The van der Waals surface area contributed by atoms with Gasteiger partial charge in [-0.25, -0.2) is 0 Å². The quantitative estimate of drug-likeness (QED) is 0.798. The lowest BCUT2D eigenvalue weighted by Crippen LogP contribution is -2.00. The first-order valence-corrected chi connectivity index (χ1v) is 6.79. The third kappa shape index (κ3) is 2.54. The number of nitrogens with zero attached hydrogens (tertiary/aromatic N) is 3. The first-order chi connectivity index (χ1) is 10.7. The van der Waals surface area contributed by atoms with E-state index in [0.29, 0.717) is 5.69 Å². The number of anilines is 2. The maximum Gasteiger partial charge on any atom is 0.187 e. The molecule has 0 spiro atoms. The molecule has 2 aromatic carbocycles. The van der Waals surface area contributed by atoms with Crippen molar-refractivity contribution < 1.29 is 4.74 Å². The molecule has 3 rings (SSSR count). The molecule has 1 aromatic heterocycles. The number of fused-ring (bicyclic) bond motifs is 1. The lowest BCUT2D eigenvalue weighted by atomic mass is 10.1. The number of nitriles is 1. The molecule has 0 atom stereocenters. The van der Waals surface area contributed by atoms with Crippen molar-refractivity contribution in [3.05, 3.63) is 53.7 Å². The van der Waals surface area contributed by atoms with Gasteiger partial charge in [-0.2, -0.15) is 5.26 Å². The van der Waals surface area contributed by atoms with Gasteiger partial charge in [-0.3, -0.25) is 0 Å². The van der Waals surface area contributed by atoms with E-state index in [1.807, 2.05) is 49.4 Å². The second kappa shape index (κ2) is 5.70. The van der Waals surface area contributed by atoms with Gasteiger partial charge in [-0.15, -0.1) is 10.2 Å². The average Bonchev–Trinajstić information content (AvgIpc) is 2.55. The molecule has 0 aliphatic carbocycles. The summed E-state index contributed by atoms with van der Waals surface area (Å²) >= 11 is 0. The van der Waals surface area contributed by atoms with Crippen LogP contribution in [-0.2, 0) is 0 Å². The fraction of sp³-hybridized carbons (Fsp3) is 0.118. The van der Waals surface area contributed by atoms with Crippen molar-refractivity contribution in [3.8, 4) is 11.8 Å². The van der Waals surface area contributed by atoms with Crippen LogP contribution in [0.25, 0.3) is 10.9 Å². The van der Waals surface area contributed by atoms with Gasteiger partial charge < -0.3 is 10.1 Å². The zero-order chi connectivity index (χ0) is 15.5. The van der Waals surface area contributed by atoms with Crippen LogP contribution < -0.4 is 10.1 Å². The summed E-state index contributed by atoms with van der Waals surface area (Å²) in [6.07, 6.45) is 0.